The molecule has 0 aromatic heterocycles. The molecule has 0 spiro atoms. The lowest BCUT2D eigenvalue weighted by molar-refractivity contribution is -0.142. The van der Waals surface area contributed by atoms with Gasteiger partial charge in [0.2, 0.25) is 5.91 Å². The van der Waals surface area contributed by atoms with Gasteiger partial charge < -0.3 is 25.7 Å². The summed E-state index contributed by atoms with van der Waals surface area (Å²) in [5.41, 5.74) is 3.90. The molecule has 3 rings (SSSR count). The fourth-order valence-electron chi connectivity index (χ4n) is 4.37. The highest BCUT2D eigenvalue weighted by molar-refractivity contribution is 5.89. The highest BCUT2D eigenvalue weighted by atomic mass is 19.2. The van der Waals surface area contributed by atoms with Gasteiger partial charge >= 0.3 is 11.9 Å². The molecule has 2 aliphatic rings. The molecule has 204 valence electrons. The highest BCUT2D eigenvalue weighted by Crippen LogP contribution is 2.33. The Morgan fingerprint density at radius 2 is 1.62 bits per heavy atom. The first-order chi connectivity index (χ1) is 17.1. The minimum absolute atomic E-state index is 0.0881. The zero-order valence-electron chi connectivity index (χ0n) is 20.3. The number of rotatable bonds is 7. The number of nitrogens with two attached hydrogens (primary N) is 1. The van der Waals surface area contributed by atoms with Crippen molar-refractivity contribution in [3.8, 4) is 0 Å². The molecule has 2 saturated heterocycles. The normalized spacial score (nSPS) is 19.9. The summed E-state index contributed by atoms with van der Waals surface area (Å²) in [6.07, 6.45) is 1.62. The lowest BCUT2D eigenvalue weighted by atomic mass is 10.0. The Hall–Kier alpha value is -3.48. The number of nitrogens with zero attached hydrogens (tertiary/aromatic N) is 2. The van der Waals surface area contributed by atoms with Crippen LogP contribution in [0.15, 0.2) is 24.3 Å². The number of carbonyl (C=O) groups excluding carboxylic acids is 2. The van der Waals surface area contributed by atoms with E-state index in [1.54, 1.807) is 4.90 Å². The number of likely N-dealkylation sites (tertiary alicyclic amines) is 2. The molecule has 1 unspecified atom stereocenters. The van der Waals surface area contributed by atoms with Gasteiger partial charge in [-0.3, -0.25) is 9.59 Å². The molecule has 2 fully saturated rings. The van der Waals surface area contributed by atoms with Crippen molar-refractivity contribution >= 4 is 23.8 Å². The number of alkyl halides is 1. The minimum atomic E-state index is -1.97. The zero-order chi connectivity index (χ0) is 28.1. The molecule has 2 amide bonds. The summed E-state index contributed by atoms with van der Waals surface area (Å²) in [6, 6.07) is 0.242. The van der Waals surface area contributed by atoms with Crippen LogP contribution in [-0.4, -0.2) is 81.2 Å². The van der Waals surface area contributed by atoms with Gasteiger partial charge in [-0.25, -0.2) is 27.2 Å². The molecule has 0 bridgehead atoms. The van der Waals surface area contributed by atoms with E-state index in [1.165, 1.54) is 18.7 Å². The van der Waals surface area contributed by atoms with E-state index in [1.807, 2.05) is 0 Å². The van der Waals surface area contributed by atoms with Gasteiger partial charge in [-0.2, -0.15) is 0 Å². The van der Waals surface area contributed by atoms with Crippen molar-refractivity contribution in [2.45, 2.75) is 50.9 Å². The van der Waals surface area contributed by atoms with Crippen molar-refractivity contribution in [1.82, 2.24) is 9.80 Å². The van der Waals surface area contributed by atoms with Gasteiger partial charge in [0.25, 0.3) is 5.91 Å². The molecule has 1 aromatic rings. The number of halogens is 4. The Morgan fingerprint density at radius 3 is 2.16 bits per heavy atom. The molecule has 4 N–H and O–H groups in total. The van der Waals surface area contributed by atoms with Gasteiger partial charge in [0.1, 0.15) is 5.82 Å². The summed E-state index contributed by atoms with van der Waals surface area (Å²) in [5, 5.41) is 15.6. The van der Waals surface area contributed by atoms with Gasteiger partial charge in [0.15, 0.2) is 17.3 Å². The number of benzene rings is 1. The Kier molecular flexibility index (Phi) is 9.79. The summed E-state index contributed by atoms with van der Waals surface area (Å²) in [4.78, 5) is 47.1. The van der Waals surface area contributed by atoms with Crippen molar-refractivity contribution in [3.05, 3.63) is 47.3 Å². The number of fused-ring (bicyclic) bond motifs is 1. The number of hydrogen-bond donors (Lipinski definition) is 3. The van der Waals surface area contributed by atoms with Crippen LogP contribution >= 0.6 is 0 Å². The number of aliphatic carboxylic acids is 2. The molecular formula is C24H29F4N3O6. The predicted molar refractivity (Wildman–Crippen MR) is 122 cm³/mol. The van der Waals surface area contributed by atoms with Crippen LogP contribution in [0.5, 0.6) is 0 Å². The molecule has 13 heteroatoms. The first-order valence-corrected chi connectivity index (χ1v) is 11.4. The van der Waals surface area contributed by atoms with Crippen LogP contribution in [0.1, 0.15) is 32.3 Å². The molecule has 37 heavy (non-hydrogen) atoms. The molecule has 9 nitrogen and oxygen atoms in total. The van der Waals surface area contributed by atoms with Crippen LogP contribution in [0.3, 0.4) is 0 Å². The molecule has 1 aromatic carbocycles. The molecule has 3 atom stereocenters. The van der Waals surface area contributed by atoms with Crippen LogP contribution in [0.2, 0.25) is 0 Å². The molecule has 0 saturated carbocycles. The van der Waals surface area contributed by atoms with Crippen molar-refractivity contribution in [2.75, 3.05) is 19.6 Å². The van der Waals surface area contributed by atoms with Crippen LogP contribution in [0.25, 0.3) is 0 Å². The quantitative estimate of drug-likeness (QED) is 0.277. The maximum Gasteiger partial charge on any atom is 0.328 e. The number of carboxylic acid groups (broad SMARTS) is 2. The number of carbonyl (C=O) groups is 4. The lowest BCUT2D eigenvalue weighted by Gasteiger charge is -2.27. The second-order valence-corrected chi connectivity index (χ2v) is 9.42. The Labute approximate surface area is 210 Å². The third kappa shape index (κ3) is 8.27. The van der Waals surface area contributed by atoms with Crippen LogP contribution in [0, 0.1) is 23.4 Å². The number of amides is 2. The van der Waals surface area contributed by atoms with Gasteiger partial charge in [-0.1, -0.05) is 0 Å². The Balaban J connectivity index is 0.000000521. The van der Waals surface area contributed by atoms with E-state index in [9.17, 15) is 36.7 Å². The second-order valence-electron chi connectivity index (χ2n) is 9.42. The van der Waals surface area contributed by atoms with E-state index in [2.05, 4.69) is 0 Å². The van der Waals surface area contributed by atoms with Gasteiger partial charge in [-0.15, -0.1) is 0 Å². The summed E-state index contributed by atoms with van der Waals surface area (Å²) in [6.45, 7) is 3.62. The van der Waals surface area contributed by atoms with E-state index in [-0.39, 0.29) is 42.8 Å². The van der Waals surface area contributed by atoms with Gasteiger partial charge in [0.05, 0.1) is 6.04 Å². The first kappa shape index (κ1) is 29.7. The topological polar surface area (TPSA) is 141 Å². The summed E-state index contributed by atoms with van der Waals surface area (Å²) >= 11 is 0. The Morgan fingerprint density at radius 1 is 1.05 bits per heavy atom. The third-order valence-corrected chi connectivity index (χ3v) is 6.04. The van der Waals surface area contributed by atoms with Crippen LogP contribution in [0.4, 0.5) is 17.6 Å². The van der Waals surface area contributed by atoms with E-state index in [0.717, 1.165) is 6.07 Å². The largest absolute Gasteiger partial charge is 0.478 e. The average molecular weight is 532 g/mol. The van der Waals surface area contributed by atoms with Crippen molar-refractivity contribution in [2.24, 2.45) is 11.7 Å². The van der Waals surface area contributed by atoms with Gasteiger partial charge in [0, 0.05) is 56.2 Å². The maximum atomic E-state index is 14.0. The monoisotopic (exact) mass is 531 g/mol. The van der Waals surface area contributed by atoms with E-state index in [4.69, 9.17) is 15.9 Å². The second kappa shape index (κ2) is 12.2. The first-order valence-electron chi connectivity index (χ1n) is 11.4. The molecule has 0 aliphatic carbocycles. The van der Waals surface area contributed by atoms with E-state index >= 15 is 0 Å². The number of carboxylic acids is 2. The summed E-state index contributed by atoms with van der Waals surface area (Å²) < 4.78 is 54.1. The van der Waals surface area contributed by atoms with Crippen molar-refractivity contribution in [3.63, 3.8) is 0 Å². The van der Waals surface area contributed by atoms with E-state index in [0.29, 0.717) is 37.7 Å². The molecule has 2 heterocycles. The predicted octanol–water partition coefficient (Wildman–Crippen LogP) is 1.88. The van der Waals surface area contributed by atoms with Crippen molar-refractivity contribution < 1.29 is 47.0 Å². The molecule has 2 aliphatic heterocycles. The lowest BCUT2D eigenvalue weighted by Crippen LogP contribution is -2.45. The smallest absolute Gasteiger partial charge is 0.328 e. The molecule has 0 radical (unpaired) electrons. The minimum Gasteiger partial charge on any atom is -0.478 e. The van der Waals surface area contributed by atoms with Gasteiger partial charge in [-0.05, 0) is 38.3 Å². The number of hydrogen-bond acceptors (Lipinski definition) is 5. The van der Waals surface area contributed by atoms with E-state index < -0.39 is 47.0 Å². The Bertz CT molecular complexity index is 1060. The zero-order valence-corrected chi connectivity index (χ0v) is 20.3. The molecular weight excluding hydrogens is 502 g/mol. The maximum absolute atomic E-state index is 14.0. The summed E-state index contributed by atoms with van der Waals surface area (Å²) in [7, 11) is 0. The van der Waals surface area contributed by atoms with Crippen molar-refractivity contribution in [1.29, 1.82) is 0 Å². The fraction of sp³-hybridized carbons (Fsp3) is 0.500. The standard InChI is InChI=1S/C20H25F4N3O2.C4H4O4/c1-20(2,24)19(29)26-9-11-3-4-27(17(11)10-26)18(28)7-13(25)5-12-6-15(22)16(23)8-14(12)21;5-3(6)1-2-4(7)8/h6,8,11,13,17H,3-5,7,9-10,25H2,1-2H3;1-2H,(H,5,6)(H,7,8)/t11-,13?,17+;/m0./s1. The fourth-order valence-corrected chi connectivity index (χ4v) is 4.37. The third-order valence-electron chi connectivity index (χ3n) is 6.04. The van der Waals surface area contributed by atoms with Crippen LogP contribution in [-0.2, 0) is 25.6 Å². The van der Waals surface area contributed by atoms with Crippen LogP contribution < -0.4 is 5.73 Å². The SMILES string of the molecule is CC(C)(F)C(=O)N1C[C@@H]2CCN(C(=O)CC(N)Cc3cc(F)c(F)cc3F)[C@@H]2C1.O=C(O)C=CC(=O)O. The average Bonchev–Trinajstić information content (AvgIpc) is 3.36. The highest BCUT2D eigenvalue weighted by Gasteiger charge is 2.47. The summed E-state index contributed by atoms with van der Waals surface area (Å²) in [5.74, 6) is -6.63.